The van der Waals surface area contributed by atoms with Crippen LogP contribution in [-0.4, -0.2) is 41.8 Å². The summed E-state index contributed by atoms with van der Waals surface area (Å²) in [5.41, 5.74) is 1.15. The molecule has 0 spiro atoms. The molecule has 1 fully saturated rings. The average molecular weight is 266 g/mol. The molecule has 1 aromatic heterocycles. The Bertz CT molecular complexity index is 430. The molecule has 0 aromatic carbocycles. The summed E-state index contributed by atoms with van der Waals surface area (Å²) in [4.78, 5) is 27.3. The lowest BCUT2D eigenvalue weighted by atomic mass is 10.1. The molecule has 2 rings (SSSR count). The highest BCUT2D eigenvalue weighted by atomic mass is 32.1. The molecule has 1 aliphatic heterocycles. The molecule has 0 unspecified atom stereocenters. The summed E-state index contributed by atoms with van der Waals surface area (Å²) in [5, 5.41) is 4.05. The molecule has 2 heterocycles. The third kappa shape index (κ3) is 2.72. The Morgan fingerprint density at radius 2 is 2.39 bits per heavy atom. The maximum Gasteiger partial charge on any atom is 0.228 e. The fraction of sp³-hybridized carbons (Fsp3) is 0.538. The Balaban J connectivity index is 1.93. The third-order valence-electron chi connectivity index (χ3n) is 3.32. The minimum atomic E-state index is -0.166. The van der Waals surface area contributed by atoms with E-state index in [0.717, 1.165) is 5.56 Å². The van der Waals surface area contributed by atoms with Crippen molar-refractivity contribution in [3.05, 3.63) is 22.4 Å². The van der Waals surface area contributed by atoms with Gasteiger partial charge in [0.2, 0.25) is 11.8 Å². The van der Waals surface area contributed by atoms with Crippen LogP contribution in [0.4, 0.5) is 0 Å². The normalized spacial score (nSPS) is 19.3. The molecule has 1 aliphatic rings. The van der Waals surface area contributed by atoms with Crippen molar-refractivity contribution in [1.29, 1.82) is 0 Å². The number of hydrogen-bond acceptors (Lipinski definition) is 3. The molecule has 0 radical (unpaired) electrons. The van der Waals surface area contributed by atoms with E-state index in [0.29, 0.717) is 26.1 Å². The average Bonchev–Trinajstić information content (AvgIpc) is 2.97. The van der Waals surface area contributed by atoms with Crippen molar-refractivity contribution in [2.24, 2.45) is 5.92 Å². The molecule has 0 saturated carbocycles. The van der Waals surface area contributed by atoms with Gasteiger partial charge in [-0.25, -0.2) is 0 Å². The Hall–Kier alpha value is -1.36. The van der Waals surface area contributed by atoms with Gasteiger partial charge in [-0.15, -0.1) is 0 Å². The maximum atomic E-state index is 12.2. The number of thiophene rings is 1. The summed E-state index contributed by atoms with van der Waals surface area (Å²) in [6, 6.07) is 2.02. The number of carbonyl (C=O) groups excluding carboxylic acids is 2. The molecular weight excluding hydrogens is 248 g/mol. The second-order valence-electron chi connectivity index (χ2n) is 4.66. The van der Waals surface area contributed by atoms with E-state index in [1.165, 1.54) is 0 Å². The zero-order valence-electron chi connectivity index (χ0n) is 10.8. The summed E-state index contributed by atoms with van der Waals surface area (Å²) in [6.45, 7) is 3.83. The van der Waals surface area contributed by atoms with Gasteiger partial charge in [0.15, 0.2) is 0 Å². The van der Waals surface area contributed by atoms with E-state index in [4.69, 9.17) is 0 Å². The first-order chi connectivity index (χ1) is 8.61. The van der Waals surface area contributed by atoms with Crippen LogP contribution in [-0.2, 0) is 16.1 Å². The van der Waals surface area contributed by atoms with E-state index < -0.39 is 0 Å². The fourth-order valence-corrected chi connectivity index (χ4v) is 2.95. The van der Waals surface area contributed by atoms with E-state index in [1.807, 2.05) is 23.8 Å². The predicted octanol–water partition coefficient (Wildman–Crippen LogP) is 1.57. The van der Waals surface area contributed by atoms with E-state index in [2.05, 4.69) is 0 Å². The molecule has 2 amide bonds. The molecular formula is C13H18N2O2S. The molecule has 4 nitrogen and oxygen atoms in total. The number of nitrogens with zero attached hydrogens (tertiary/aromatic N) is 2. The van der Waals surface area contributed by atoms with Crippen molar-refractivity contribution >= 4 is 23.2 Å². The fourth-order valence-electron chi connectivity index (χ4n) is 2.29. The van der Waals surface area contributed by atoms with Gasteiger partial charge in [-0.05, 0) is 29.3 Å². The van der Waals surface area contributed by atoms with Crippen molar-refractivity contribution in [3.63, 3.8) is 0 Å². The van der Waals surface area contributed by atoms with Crippen molar-refractivity contribution in [3.8, 4) is 0 Å². The lowest BCUT2D eigenvalue weighted by Crippen LogP contribution is -2.34. The molecule has 0 bridgehead atoms. The van der Waals surface area contributed by atoms with Gasteiger partial charge in [-0.1, -0.05) is 0 Å². The van der Waals surface area contributed by atoms with Gasteiger partial charge in [0.25, 0.3) is 0 Å². The highest BCUT2D eigenvalue weighted by Gasteiger charge is 2.34. The maximum absolute atomic E-state index is 12.2. The highest BCUT2D eigenvalue weighted by Crippen LogP contribution is 2.20. The van der Waals surface area contributed by atoms with Crippen molar-refractivity contribution in [2.75, 3.05) is 20.1 Å². The molecule has 0 N–H and O–H groups in total. The molecule has 1 saturated heterocycles. The third-order valence-corrected chi connectivity index (χ3v) is 4.05. The van der Waals surface area contributed by atoms with Crippen LogP contribution in [0.25, 0.3) is 0 Å². The van der Waals surface area contributed by atoms with Crippen LogP contribution in [0.1, 0.15) is 18.9 Å². The quantitative estimate of drug-likeness (QED) is 0.830. The summed E-state index contributed by atoms with van der Waals surface area (Å²) in [5.74, 6) is 0.00590. The topological polar surface area (TPSA) is 40.6 Å². The number of carbonyl (C=O) groups is 2. The summed E-state index contributed by atoms with van der Waals surface area (Å²) in [6.07, 6.45) is 0.362. The van der Waals surface area contributed by atoms with Crippen LogP contribution < -0.4 is 0 Å². The van der Waals surface area contributed by atoms with E-state index in [-0.39, 0.29) is 17.7 Å². The molecule has 1 atom stereocenters. The number of rotatable bonds is 4. The smallest absolute Gasteiger partial charge is 0.228 e. The van der Waals surface area contributed by atoms with Gasteiger partial charge < -0.3 is 9.80 Å². The van der Waals surface area contributed by atoms with Crippen LogP contribution in [0.5, 0.6) is 0 Å². The molecule has 0 aliphatic carbocycles. The van der Waals surface area contributed by atoms with Crippen LogP contribution >= 0.6 is 11.3 Å². The van der Waals surface area contributed by atoms with Gasteiger partial charge in [0.05, 0.1) is 5.92 Å². The first-order valence-electron chi connectivity index (χ1n) is 6.15. The SMILES string of the molecule is CCN1C[C@@H](C(=O)N(C)Cc2ccsc2)CC1=O. The van der Waals surface area contributed by atoms with E-state index >= 15 is 0 Å². The van der Waals surface area contributed by atoms with Crippen molar-refractivity contribution in [1.82, 2.24) is 9.80 Å². The lowest BCUT2D eigenvalue weighted by Gasteiger charge is -2.20. The first kappa shape index (κ1) is 13.1. The van der Waals surface area contributed by atoms with Gasteiger partial charge in [-0.2, -0.15) is 11.3 Å². The molecule has 1 aromatic rings. The summed E-state index contributed by atoms with van der Waals surface area (Å²) < 4.78 is 0. The molecule has 5 heteroatoms. The number of hydrogen-bond donors (Lipinski definition) is 0. The Kier molecular flexibility index (Phi) is 4.01. The minimum Gasteiger partial charge on any atom is -0.342 e. The largest absolute Gasteiger partial charge is 0.342 e. The van der Waals surface area contributed by atoms with Crippen molar-refractivity contribution < 1.29 is 9.59 Å². The van der Waals surface area contributed by atoms with Gasteiger partial charge in [0.1, 0.15) is 0 Å². The van der Waals surface area contributed by atoms with Gasteiger partial charge >= 0.3 is 0 Å². The Morgan fingerprint density at radius 3 is 2.94 bits per heavy atom. The summed E-state index contributed by atoms with van der Waals surface area (Å²) in [7, 11) is 1.80. The van der Waals surface area contributed by atoms with Crippen LogP contribution in [0, 0.1) is 5.92 Å². The van der Waals surface area contributed by atoms with Crippen LogP contribution in [0.2, 0.25) is 0 Å². The minimum absolute atomic E-state index is 0.0745. The summed E-state index contributed by atoms with van der Waals surface area (Å²) >= 11 is 1.63. The van der Waals surface area contributed by atoms with E-state index in [1.54, 1.807) is 28.2 Å². The Labute approximate surface area is 111 Å². The zero-order valence-corrected chi connectivity index (χ0v) is 11.6. The van der Waals surface area contributed by atoms with Gasteiger partial charge in [-0.3, -0.25) is 9.59 Å². The Morgan fingerprint density at radius 1 is 1.61 bits per heavy atom. The van der Waals surface area contributed by atoms with Crippen LogP contribution in [0.3, 0.4) is 0 Å². The monoisotopic (exact) mass is 266 g/mol. The van der Waals surface area contributed by atoms with Gasteiger partial charge in [0, 0.05) is 33.1 Å². The van der Waals surface area contributed by atoms with Crippen molar-refractivity contribution in [2.45, 2.75) is 19.9 Å². The second-order valence-corrected chi connectivity index (χ2v) is 5.44. The number of likely N-dealkylation sites (tertiary alicyclic amines) is 1. The predicted molar refractivity (Wildman–Crippen MR) is 71.2 cm³/mol. The number of amides is 2. The standard InChI is InChI=1S/C13H18N2O2S/c1-3-15-8-11(6-12(15)16)13(17)14(2)7-10-4-5-18-9-10/h4-5,9,11H,3,6-8H2,1-2H3/t11-/m0/s1. The lowest BCUT2D eigenvalue weighted by molar-refractivity contribution is -0.135. The first-order valence-corrected chi connectivity index (χ1v) is 7.10. The second kappa shape index (κ2) is 5.52. The highest BCUT2D eigenvalue weighted by molar-refractivity contribution is 7.07. The van der Waals surface area contributed by atoms with E-state index in [9.17, 15) is 9.59 Å². The van der Waals surface area contributed by atoms with Crippen LogP contribution in [0.15, 0.2) is 16.8 Å². The molecule has 18 heavy (non-hydrogen) atoms. The zero-order chi connectivity index (χ0) is 13.1. The molecule has 98 valence electrons.